The number of carbonyl (C=O) groups is 1. The first-order valence-corrected chi connectivity index (χ1v) is 11.7. The predicted octanol–water partition coefficient (Wildman–Crippen LogP) is 4.60. The summed E-state index contributed by atoms with van der Waals surface area (Å²) in [6.45, 7) is -0.226. The van der Waals surface area contributed by atoms with Crippen molar-refractivity contribution in [3.8, 4) is 11.5 Å². The number of nitrogens with one attached hydrogen (secondary N) is 1. The fourth-order valence-corrected chi connectivity index (χ4v) is 5.07. The van der Waals surface area contributed by atoms with Gasteiger partial charge in [-0.05, 0) is 54.6 Å². The number of ether oxygens (including phenoxy) is 2. The average Bonchev–Trinajstić information content (AvgIpc) is 2.78. The molecule has 0 radical (unpaired) electrons. The van der Waals surface area contributed by atoms with Crippen LogP contribution in [0.25, 0.3) is 0 Å². The van der Waals surface area contributed by atoms with Crippen LogP contribution in [-0.2, 0) is 14.8 Å². The van der Waals surface area contributed by atoms with Crippen molar-refractivity contribution in [2.75, 3.05) is 23.3 Å². The van der Waals surface area contributed by atoms with Gasteiger partial charge in [-0.1, -0.05) is 35.3 Å². The van der Waals surface area contributed by atoms with E-state index in [9.17, 15) is 13.2 Å². The van der Waals surface area contributed by atoms with Crippen LogP contribution in [0.4, 0.5) is 11.4 Å². The molecule has 1 atom stereocenters. The molecule has 0 saturated carbocycles. The number of amides is 1. The third-order valence-corrected chi connectivity index (χ3v) is 7.13. The minimum absolute atomic E-state index is 0.0503. The normalized spacial score (nSPS) is 15.5. The van der Waals surface area contributed by atoms with E-state index in [0.29, 0.717) is 27.2 Å². The van der Waals surface area contributed by atoms with Crippen LogP contribution in [0.1, 0.15) is 0 Å². The minimum atomic E-state index is -3.98. The summed E-state index contributed by atoms with van der Waals surface area (Å²) < 4.78 is 39.0. The van der Waals surface area contributed by atoms with Gasteiger partial charge >= 0.3 is 0 Å². The Kier molecular flexibility index (Phi) is 6.19. The van der Waals surface area contributed by atoms with Crippen LogP contribution >= 0.6 is 23.2 Å². The zero-order chi connectivity index (χ0) is 22.9. The lowest BCUT2D eigenvalue weighted by Crippen LogP contribution is -2.48. The molecule has 32 heavy (non-hydrogen) atoms. The summed E-state index contributed by atoms with van der Waals surface area (Å²) in [5, 5.41) is 3.53. The molecule has 0 bridgehead atoms. The van der Waals surface area contributed by atoms with Crippen LogP contribution in [0, 0.1) is 0 Å². The topological polar surface area (TPSA) is 84.9 Å². The van der Waals surface area contributed by atoms with Gasteiger partial charge in [-0.25, -0.2) is 8.42 Å². The number of carbonyl (C=O) groups excluding carboxylic acids is 1. The second kappa shape index (κ2) is 8.90. The number of sulfonamides is 1. The van der Waals surface area contributed by atoms with Gasteiger partial charge in [0.2, 0.25) is 0 Å². The number of methoxy groups -OCH3 is 1. The molecule has 7 nitrogen and oxygen atoms in total. The van der Waals surface area contributed by atoms with Gasteiger partial charge in [0, 0.05) is 10.0 Å². The van der Waals surface area contributed by atoms with Gasteiger partial charge in [0.05, 0.1) is 29.9 Å². The molecule has 1 amide bonds. The first-order chi connectivity index (χ1) is 15.3. The molecule has 0 fully saturated rings. The van der Waals surface area contributed by atoms with E-state index in [1.54, 1.807) is 36.4 Å². The molecule has 0 saturated heterocycles. The van der Waals surface area contributed by atoms with Crippen molar-refractivity contribution < 1.29 is 22.7 Å². The lowest BCUT2D eigenvalue weighted by molar-refractivity contribution is -0.122. The van der Waals surface area contributed by atoms with Gasteiger partial charge < -0.3 is 14.8 Å². The summed E-state index contributed by atoms with van der Waals surface area (Å²) in [7, 11) is -2.52. The molecule has 4 rings (SSSR count). The summed E-state index contributed by atoms with van der Waals surface area (Å²) in [4.78, 5) is 13.1. The summed E-state index contributed by atoms with van der Waals surface area (Å²) in [6.07, 6.45) is -1.12. The van der Waals surface area contributed by atoms with Crippen molar-refractivity contribution in [3.05, 3.63) is 76.8 Å². The molecule has 1 heterocycles. The maximum absolute atomic E-state index is 13.4. The predicted molar refractivity (Wildman–Crippen MR) is 123 cm³/mol. The molecule has 166 valence electrons. The van der Waals surface area contributed by atoms with E-state index in [1.165, 1.54) is 37.4 Å². The molecule has 1 N–H and O–H groups in total. The van der Waals surface area contributed by atoms with Crippen molar-refractivity contribution in [1.82, 2.24) is 0 Å². The molecule has 0 aliphatic carbocycles. The Balaban J connectivity index is 1.67. The lowest BCUT2D eigenvalue weighted by atomic mass is 10.2. The largest absolute Gasteiger partial charge is 0.495 e. The molecule has 1 aliphatic rings. The third-order valence-electron chi connectivity index (χ3n) is 4.85. The van der Waals surface area contributed by atoms with E-state index in [-0.39, 0.29) is 17.2 Å². The highest BCUT2D eigenvalue weighted by Crippen LogP contribution is 2.37. The molecule has 1 unspecified atom stereocenters. The molecule has 3 aromatic carbocycles. The SMILES string of the molecule is COc1ccc(Cl)cc1NC(=O)C1CN(S(=O)(=O)c2ccc(Cl)cc2)c2ccccc2O1. The van der Waals surface area contributed by atoms with Crippen LogP contribution in [0.3, 0.4) is 0 Å². The highest BCUT2D eigenvalue weighted by molar-refractivity contribution is 7.92. The zero-order valence-electron chi connectivity index (χ0n) is 16.8. The van der Waals surface area contributed by atoms with E-state index >= 15 is 0 Å². The number of fused-ring (bicyclic) bond motifs is 1. The minimum Gasteiger partial charge on any atom is -0.495 e. The van der Waals surface area contributed by atoms with E-state index < -0.39 is 22.0 Å². The molecular weight excluding hydrogens is 475 g/mol. The number of rotatable bonds is 5. The van der Waals surface area contributed by atoms with Gasteiger partial charge in [-0.3, -0.25) is 9.10 Å². The van der Waals surface area contributed by atoms with Crippen LogP contribution < -0.4 is 19.1 Å². The number of anilines is 2. The highest BCUT2D eigenvalue weighted by Gasteiger charge is 2.37. The van der Waals surface area contributed by atoms with Crippen LogP contribution in [0.2, 0.25) is 10.0 Å². The fourth-order valence-electron chi connectivity index (χ4n) is 3.29. The Morgan fingerprint density at radius 3 is 2.47 bits per heavy atom. The average molecular weight is 493 g/mol. The standard InChI is InChI=1S/C22H18Cl2N2O5S/c1-30-19-11-8-15(24)12-17(19)25-22(27)21-13-26(18-4-2-3-5-20(18)31-21)32(28,29)16-9-6-14(23)7-10-16/h2-12,21H,13H2,1H3,(H,25,27). The third kappa shape index (κ3) is 4.34. The van der Waals surface area contributed by atoms with Crippen LogP contribution in [-0.4, -0.2) is 34.1 Å². The van der Waals surface area contributed by atoms with E-state index in [4.69, 9.17) is 32.7 Å². The lowest BCUT2D eigenvalue weighted by Gasteiger charge is -2.34. The summed E-state index contributed by atoms with van der Waals surface area (Å²) in [5.41, 5.74) is 0.686. The smallest absolute Gasteiger partial charge is 0.267 e. The van der Waals surface area contributed by atoms with Crippen LogP contribution in [0.15, 0.2) is 71.6 Å². The van der Waals surface area contributed by atoms with E-state index in [1.807, 2.05) is 0 Å². The van der Waals surface area contributed by atoms with Crippen molar-refractivity contribution in [1.29, 1.82) is 0 Å². The summed E-state index contributed by atoms with van der Waals surface area (Å²) >= 11 is 11.9. The number of hydrogen-bond acceptors (Lipinski definition) is 5. The van der Waals surface area contributed by atoms with Crippen molar-refractivity contribution in [2.45, 2.75) is 11.0 Å². The van der Waals surface area contributed by atoms with Crippen LogP contribution in [0.5, 0.6) is 11.5 Å². The second-order valence-corrected chi connectivity index (χ2v) is 9.63. The number of para-hydroxylation sites is 2. The Hall–Kier alpha value is -2.94. The van der Waals surface area contributed by atoms with Gasteiger partial charge in [0.15, 0.2) is 6.10 Å². The Morgan fingerprint density at radius 1 is 1.06 bits per heavy atom. The fraction of sp³-hybridized carbons (Fsp3) is 0.136. The van der Waals surface area contributed by atoms with Crippen molar-refractivity contribution in [3.63, 3.8) is 0 Å². The molecule has 10 heteroatoms. The summed E-state index contributed by atoms with van der Waals surface area (Å²) in [6, 6.07) is 17.2. The molecule has 0 aromatic heterocycles. The monoisotopic (exact) mass is 492 g/mol. The van der Waals surface area contributed by atoms with Gasteiger partial charge in [-0.15, -0.1) is 0 Å². The number of nitrogens with zero attached hydrogens (tertiary/aromatic N) is 1. The van der Waals surface area contributed by atoms with Crippen molar-refractivity contribution in [2.24, 2.45) is 0 Å². The number of hydrogen-bond donors (Lipinski definition) is 1. The van der Waals surface area contributed by atoms with E-state index in [0.717, 1.165) is 4.31 Å². The number of halogens is 2. The zero-order valence-corrected chi connectivity index (χ0v) is 19.1. The highest BCUT2D eigenvalue weighted by atomic mass is 35.5. The second-order valence-electron chi connectivity index (χ2n) is 6.90. The molecule has 0 spiro atoms. The Morgan fingerprint density at radius 2 is 1.75 bits per heavy atom. The Bertz CT molecular complexity index is 1270. The summed E-state index contributed by atoms with van der Waals surface area (Å²) in [5.74, 6) is 0.135. The maximum Gasteiger partial charge on any atom is 0.267 e. The first-order valence-electron chi connectivity index (χ1n) is 9.48. The molecule has 3 aromatic rings. The van der Waals surface area contributed by atoms with Gasteiger partial charge in [0.25, 0.3) is 15.9 Å². The van der Waals surface area contributed by atoms with Gasteiger partial charge in [-0.2, -0.15) is 0 Å². The quantitative estimate of drug-likeness (QED) is 0.562. The van der Waals surface area contributed by atoms with E-state index in [2.05, 4.69) is 5.32 Å². The first kappa shape index (κ1) is 22.3. The van der Waals surface area contributed by atoms with Crippen molar-refractivity contribution >= 4 is 50.5 Å². The maximum atomic E-state index is 13.4. The molecular formula is C22H18Cl2N2O5S. The number of benzene rings is 3. The molecule has 1 aliphatic heterocycles. The van der Waals surface area contributed by atoms with Gasteiger partial charge in [0.1, 0.15) is 11.5 Å². The Labute approximate surface area is 195 Å².